The van der Waals surface area contributed by atoms with Crippen molar-refractivity contribution in [3.8, 4) is 0 Å². The van der Waals surface area contributed by atoms with Gasteiger partial charge < -0.3 is 10.3 Å². The maximum Gasteiger partial charge on any atom is 0.147 e. The van der Waals surface area contributed by atoms with Crippen molar-refractivity contribution >= 4 is 20.7 Å². The van der Waals surface area contributed by atoms with Gasteiger partial charge in [-0.2, -0.15) is 0 Å². The molecule has 19 heavy (non-hydrogen) atoms. The van der Waals surface area contributed by atoms with E-state index in [1.165, 1.54) is 17.2 Å². The summed E-state index contributed by atoms with van der Waals surface area (Å²) in [6, 6.07) is 8.27. The summed E-state index contributed by atoms with van der Waals surface area (Å²) in [7, 11) is -2.88. The van der Waals surface area contributed by atoms with Crippen LogP contribution >= 0.6 is 0 Å². The number of hydrogen-bond donors (Lipinski definition) is 1. The lowest BCUT2D eigenvalue weighted by Gasteiger charge is -2.06. The molecule has 2 rings (SSSR count). The Balaban J connectivity index is 2.19. The zero-order chi connectivity index (χ0) is 13.9. The van der Waals surface area contributed by atoms with E-state index in [2.05, 4.69) is 22.8 Å². The van der Waals surface area contributed by atoms with E-state index in [1.54, 1.807) is 0 Å². The topological polar surface area (TPSA) is 65.1 Å². The molecule has 1 heterocycles. The van der Waals surface area contributed by atoms with E-state index in [1.807, 2.05) is 12.3 Å². The average molecular weight is 280 g/mol. The first-order valence-corrected chi connectivity index (χ1v) is 8.52. The SMILES string of the molecule is CS(=O)(=O)CCCn1ccc2c(CCN)cccc21. The van der Waals surface area contributed by atoms with E-state index in [9.17, 15) is 8.42 Å². The van der Waals surface area contributed by atoms with Crippen molar-refractivity contribution in [1.82, 2.24) is 4.57 Å². The zero-order valence-electron chi connectivity index (χ0n) is 11.2. The molecule has 0 aliphatic heterocycles. The van der Waals surface area contributed by atoms with Crippen LogP contribution in [0.2, 0.25) is 0 Å². The number of hydrogen-bond acceptors (Lipinski definition) is 3. The Morgan fingerprint density at radius 2 is 2.05 bits per heavy atom. The fourth-order valence-corrected chi connectivity index (χ4v) is 3.01. The molecule has 4 nitrogen and oxygen atoms in total. The molecule has 0 unspecified atom stereocenters. The fourth-order valence-electron chi connectivity index (χ4n) is 2.35. The van der Waals surface area contributed by atoms with Crippen LogP contribution in [-0.2, 0) is 22.8 Å². The minimum absolute atomic E-state index is 0.231. The van der Waals surface area contributed by atoms with Crippen LogP contribution < -0.4 is 5.73 Å². The molecule has 0 aliphatic carbocycles. The average Bonchev–Trinajstić information content (AvgIpc) is 2.73. The van der Waals surface area contributed by atoms with Crippen molar-refractivity contribution in [1.29, 1.82) is 0 Å². The summed E-state index contributed by atoms with van der Waals surface area (Å²) in [4.78, 5) is 0. The van der Waals surface area contributed by atoms with E-state index in [4.69, 9.17) is 5.73 Å². The van der Waals surface area contributed by atoms with E-state index in [0.717, 1.165) is 18.5 Å². The molecule has 0 fully saturated rings. The molecule has 0 radical (unpaired) electrons. The molecule has 0 amide bonds. The molecule has 0 atom stereocenters. The summed E-state index contributed by atoms with van der Waals surface area (Å²) in [5, 5.41) is 1.22. The molecule has 2 N–H and O–H groups in total. The number of aromatic nitrogens is 1. The molecule has 1 aromatic heterocycles. The van der Waals surface area contributed by atoms with Gasteiger partial charge in [0.05, 0.1) is 5.75 Å². The van der Waals surface area contributed by atoms with Crippen LogP contribution in [0.4, 0.5) is 0 Å². The Hall–Kier alpha value is -1.33. The van der Waals surface area contributed by atoms with E-state index in [0.29, 0.717) is 13.0 Å². The third kappa shape index (κ3) is 3.58. The van der Waals surface area contributed by atoms with Crippen molar-refractivity contribution in [2.24, 2.45) is 5.73 Å². The van der Waals surface area contributed by atoms with Crippen molar-refractivity contribution in [3.05, 3.63) is 36.0 Å². The van der Waals surface area contributed by atoms with Crippen LogP contribution in [0.3, 0.4) is 0 Å². The van der Waals surface area contributed by atoms with Gasteiger partial charge in [0.25, 0.3) is 0 Å². The summed E-state index contributed by atoms with van der Waals surface area (Å²) in [5.41, 5.74) is 8.02. The second kappa shape index (κ2) is 5.75. The summed E-state index contributed by atoms with van der Waals surface area (Å²) < 4.78 is 24.4. The van der Waals surface area contributed by atoms with Gasteiger partial charge in [0.15, 0.2) is 0 Å². The van der Waals surface area contributed by atoms with Crippen molar-refractivity contribution in [2.45, 2.75) is 19.4 Å². The first-order chi connectivity index (χ1) is 9.01. The smallest absolute Gasteiger partial charge is 0.147 e. The summed E-state index contributed by atoms with van der Waals surface area (Å²) >= 11 is 0. The van der Waals surface area contributed by atoms with Gasteiger partial charge in [0.2, 0.25) is 0 Å². The van der Waals surface area contributed by atoms with E-state index in [-0.39, 0.29) is 5.75 Å². The number of sulfone groups is 1. The highest BCUT2D eigenvalue weighted by Crippen LogP contribution is 2.21. The van der Waals surface area contributed by atoms with Crippen molar-refractivity contribution in [3.63, 3.8) is 0 Å². The lowest BCUT2D eigenvalue weighted by atomic mass is 10.1. The van der Waals surface area contributed by atoms with Gasteiger partial charge in [-0.1, -0.05) is 12.1 Å². The largest absolute Gasteiger partial charge is 0.347 e. The second-order valence-corrected chi connectivity index (χ2v) is 7.14. The van der Waals surface area contributed by atoms with E-state index < -0.39 is 9.84 Å². The minimum atomic E-state index is -2.88. The number of aryl methyl sites for hydroxylation is 1. The molecular weight excluding hydrogens is 260 g/mol. The molecule has 104 valence electrons. The zero-order valence-corrected chi connectivity index (χ0v) is 12.0. The summed E-state index contributed by atoms with van der Waals surface area (Å²) in [6.07, 6.45) is 4.81. The molecular formula is C14H20N2O2S. The predicted molar refractivity (Wildman–Crippen MR) is 79.0 cm³/mol. The first kappa shape index (κ1) is 14.1. The molecule has 1 aromatic carbocycles. The standard InChI is InChI=1S/C14H20N2O2S/c1-19(17,18)11-3-9-16-10-7-13-12(6-8-15)4-2-5-14(13)16/h2,4-5,7,10H,3,6,8-9,11,15H2,1H3. The maximum absolute atomic E-state index is 11.1. The van der Waals surface area contributed by atoms with Gasteiger partial charge in [-0.15, -0.1) is 0 Å². The van der Waals surface area contributed by atoms with Crippen molar-refractivity contribution in [2.75, 3.05) is 18.6 Å². The highest BCUT2D eigenvalue weighted by molar-refractivity contribution is 7.90. The van der Waals surface area contributed by atoms with E-state index >= 15 is 0 Å². The first-order valence-electron chi connectivity index (χ1n) is 6.46. The predicted octanol–water partition coefficient (Wildman–Crippen LogP) is 1.58. The van der Waals surface area contributed by atoms with Crippen molar-refractivity contribution < 1.29 is 8.42 Å². The second-order valence-electron chi connectivity index (χ2n) is 4.88. The normalized spacial score (nSPS) is 12.1. The fraction of sp³-hybridized carbons (Fsp3) is 0.429. The summed E-state index contributed by atoms with van der Waals surface area (Å²) in [5.74, 6) is 0.231. The van der Waals surface area contributed by atoms with Crippen LogP contribution in [0.5, 0.6) is 0 Å². The van der Waals surface area contributed by atoms with Gasteiger partial charge in [-0.05, 0) is 37.1 Å². The Bertz CT molecular complexity index is 659. The molecule has 0 saturated heterocycles. The third-order valence-corrected chi connectivity index (χ3v) is 4.26. The molecule has 0 saturated carbocycles. The van der Waals surface area contributed by atoms with Gasteiger partial charge >= 0.3 is 0 Å². The van der Waals surface area contributed by atoms with Crippen LogP contribution in [0.15, 0.2) is 30.5 Å². The Kier molecular flexibility index (Phi) is 4.27. The molecule has 0 aliphatic rings. The maximum atomic E-state index is 11.1. The quantitative estimate of drug-likeness (QED) is 0.873. The van der Waals surface area contributed by atoms with Gasteiger partial charge in [0, 0.05) is 29.9 Å². The summed E-state index contributed by atoms with van der Waals surface area (Å²) in [6.45, 7) is 1.36. The Labute approximate surface area is 114 Å². The number of nitrogens with two attached hydrogens (primary N) is 1. The molecule has 0 bridgehead atoms. The molecule has 0 spiro atoms. The van der Waals surface area contributed by atoms with Crippen LogP contribution in [0.1, 0.15) is 12.0 Å². The molecule has 2 aromatic rings. The van der Waals surface area contributed by atoms with Crippen LogP contribution in [0.25, 0.3) is 10.9 Å². The third-order valence-electron chi connectivity index (χ3n) is 3.23. The van der Waals surface area contributed by atoms with Gasteiger partial charge in [0.1, 0.15) is 9.84 Å². The number of fused-ring (bicyclic) bond motifs is 1. The number of benzene rings is 1. The van der Waals surface area contributed by atoms with Crippen LogP contribution in [-0.4, -0.2) is 31.5 Å². The highest BCUT2D eigenvalue weighted by atomic mass is 32.2. The van der Waals surface area contributed by atoms with Gasteiger partial charge in [-0.25, -0.2) is 8.42 Å². The lowest BCUT2D eigenvalue weighted by molar-refractivity contribution is 0.593. The monoisotopic (exact) mass is 280 g/mol. The highest BCUT2D eigenvalue weighted by Gasteiger charge is 2.06. The molecule has 5 heteroatoms. The Morgan fingerprint density at radius 3 is 2.74 bits per heavy atom. The van der Waals surface area contributed by atoms with Gasteiger partial charge in [-0.3, -0.25) is 0 Å². The number of rotatable bonds is 6. The Morgan fingerprint density at radius 1 is 1.26 bits per heavy atom. The minimum Gasteiger partial charge on any atom is -0.347 e. The van der Waals surface area contributed by atoms with Crippen LogP contribution in [0, 0.1) is 0 Å². The number of nitrogens with zero attached hydrogens (tertiary/aromatic N) is 1. The lowest BCUT2D eigenvalue weighted by Crippen LogP contribution is -2.07.